The van der Waals surface area contributed by atoms with Gasteiger partial charge in [0, 0.05) is 21.3 Å². The predicted molar refractivity (Wildman–Crippen MR) is 57.6 cm³/mol. The highest BCUT2D eigenvalue weighted by atomic mass is 35.5. The third-order valence-electron chi connectivity index (χ3n) is 1.78. The Labute approximate surface area is 91.9 Å². The van der Waals surface area contributed by atoms with Crippen LogP contribution in [0, 0.1) is 13.1 Å². The van der Waals surface area contributed by atoms with Crippen LogP contribution in [0.5, 0.6) is 0 Å². The number of hydrogen-bond donors (Lipinski definition) is 1. The smallest absolute Gasteiger partial charge is 0.138 e. The van der Waals surface area contributed by atoms with Crippen LogP contribution in [-0.2, 0) is 0 Å². The van der Waals surface area contributed by atoms with Crippen LogP contribution in [0.3, 0.4) is 0 Å². The van der Waals surface area contributed by atoms with E-state index in [0.29, 0.717) is 10.0 Å². The van der Waals surface area contributed by atoms with Crippen LogP contribution in [0.1, 0.15) is 5.69 Å². The number of hydrogen-bond acceptors (Lipinski definition) is 1. The van der Waals surface area contributed by atoms with Gasteiger partial charge in [0.2, 0.25) is 0 Å². The van der Waals surface area contributed by atoms with E-state index in [1.165, 1.54) is 0 Å². The molecule has 71 valence electrons. The number of aromatic nitrogens is 2. The fourth-order valence-corrected chi connectivity index (χ4v) is 1.73. The van der Waals surface area contributed by atoms with Gasteiger partial charge < -0.3 is 4.98 Å². The van der Waals surface area contributed by atoms with Crippen molar-refractivity contribution in [2.75, 3.05) is 0 Å². The first-order valence-corrected chi connectivity index (χ1v) is 4.81. The summed E-state index contributed by atoms with van der Waals surface area (Å²) in [5.41, 5.74) is 1.75. The van der Waals surface area contributed by atoms with Crippen molar-refractivity contribution in [3.8, 4) is 11.4 Å². The number of aromatic amines is 1. The van der Waals surface area contributed by atoms with E-state index in [-0.39, 0.29) is 0 Å². The minimum Gasteiger partial charge on any atom is -0.341 e. The summed E-state index contributed by atoms with van der Waals surface area (Å²) in [6.07, 6.45) is 2.81. The molecule has 1 aromatic carbocycles. The fraction of sp³-hybridized carbons (Fsp3) is 0.100. The third-order valence-corrected chi connectivity index (χ3v) is 2.21. The lowest BCUT2D eigenvalue weighted by Crippen LogP contribution is -1.81. The Balaban J connectivity index is 2.51. The molecule has 1 N–H and O–H groups in total. The average Bonchev–Trinajstić information content (AvgIpc) is 2.50. The number of halogens is 2. The molecule has 14 heavy (non-hydrogen) atoms. The summed E-state index contributed by atoms with van der Waals surface area (Å²) in [7, 11) is 0. The molecule has 2 rings (SSSR count). The van der Waals surface area contributed by atoms with Crippen molar-refractivity contribution in [1.29, 1.82) is 0 Å². The largest absolute Gasteiger partial charge is 0.341 e. The number of benzene rings is 1. The van der Waals surface area contributed by atoms with E-state index in [4.69, 9.17) is 23.2 Å². The van der Waals surface area contributed by atoms with Crippen molar-refractivity contribution in [2.24, 2.45) is 0 Å². The second-order valence-corrected chi connectivity index (χ2v) is 3.85. The molecule has 0 aliphatic heterocycles. The van der Waals surface area contributed by atoms with Crippen molar-refractivity contribution >= 4 is 23.2 Å². The lowest BCUT2D eigenvalue weighted by molar-refractivity contribution is 1.25. The van der Waals surface area contributed by atoms with Crippen LogP contribution < -0.4 is 0 Å². The molecule has 1 aromatic heterocycles. The van der Waals surface area contributed by atoms with Gasteiger partial charge in [-0.05, 0) is 25.1 Å². The number of imidazole rings is 1. The topological polar surface area (TPSA) is 28.7 Å². The summed E-state index contributed by atoms with van der Waals surface area (Å²) in [4.78, 5) is 7.13. The molecule has 0 bridgehead atoms. The van der Waals surface area contributed by atoms with Crippen LogP contribution >= 0.6 is 23.2 Å². The van der Waals surface area contributed by atoms with Crippen LogP contribution in [0.4, 0.5) is 0 Å². The molecule has 0 unspecified atom stereocenters. The molecular weight excluding hydrogens is 219 g/mol. The minimum atomic E-state index is 0.599. The van der Waals surface area contributed by atoms with Crippen molar-refractivity contribution in [3.05, 3.63) is 40.1 Å². The molecule has 1 heterocycles. The predicted octanol–water partition coefficient (Wildman–Crippen LogP) is 3.49. The molecular formula is C10H7Cl2N2. The Morgan fingerprint density at radius 2 is 1.86 bits per heavy atom. The Morgan fingerprint density at radius 3 is 2.36 bits per heavy atom. The highest BCUT2D eigenvalue weighted by Crippen LogP contribution is 2.24. The molecule has 0 aliphatic rings. The normalized spacial score (nSPS) is 10.5. The van der Waals surface area contributed by atoms with Gasteiger partial charge in [0.1, 0.15) is 12.0 Å². The quantitative estimate of drug-likeness (QED) is 0.792. The van der Waals surface area contributed by atoms with Crippen molar-refractivity contribution in [2.45, 2.75) is 6.92 Å². The zero-order valence-corrected chi connectivity index (χ0v) is 8.95. The number of rotatable bonds is 1. The molecule has 2 aromatic rings. The molecule has 0 aliphatic carbocycles. The first kappa shape index (κ1) is 9.56. The first-order valence-electron chi connectivity index (χ1n) is 4.06. The van der Waals surface area contributed by atoms with E-state index in [2.05, 4.69) is 16.2 Å². The van der Waals surface area contributed by atoms with Gasteiger partial charge in [0.25, 0.3) is 0 Å². The zero-order valence-electron chi connectivity index (χ0n) is 7.44. The monoisotopic (exact) mass is 225 g/mol. The third kappa shape index (κ3) is 1.91. The van der Waals surface area contributed by atoms with Crippen molar-refractivity contribution in [3.63, 3.8) is 0 Å². The molecule has 2 nitrogen and oxygen atoms in total. The molecule has 4 heteroatoms. The van der Waals surface area contributed by atoms with Gasteiger partial charge in [-0.1, -0.05) is 23.2 Å². The molecule has 1 radical (unpaired) electrons. The van der Waals surface area contributed by atoms with Crippen LogP contribution in [0.2, 0.25) is 10.0 Å². The zero-order chi connectivity index (χ0) is 10.1. The van der Waals surface area contributed by atoms with Gasteiger partial charge in [0.05, 0.1) is 0 Å². The van der Waals surface area contributed by atoms with Crippen LogP contribution in [-0.4, -0.2) is 9.97 Å². The molecule has 0 saturated carbocycles. The van der Waals surface area contributed by atoms with E-state index in [1.54, 1.807) is 18.2 Å². The summed E-state index contributed by atoms with van der Waals surface area (Å²) in [6.45, 7) is 1.89. The maximum absolute atomic E-state index is 5.87. The number of H-pyrrole nitrogens is 1. The Kier molecular flexibility index (Phi) is 2.48. The standard InChI is InChI=1S/C10H7Cl2N2/c1-6-5-13-10(14-6)7-2-8(11)4-9(12)3-7/h2-4H,1H3,(H,13,14). The number of nitrogens with zero attached hydrogens (tertiary/aromatic N) is 1. The van der Waals surface area contributed by atoms with Gasteiger partial charge in [-0.3, -0.25) is 0 Å². The molecule has 0 fully saturated rings. The second-order valence-electron chi connectivity index (χ2n) is 2.98. The molecule has 0 amide bonds. The first-order chi connectivity index (χ1) is 6.65. The maximum atomic E-state index is 5.87. The minimum absolute atomic E-state index is 0.599. The number of aryl methyl sites for hydroxylation is 1. The van der Waals surface area contributed by atoms with Gasteiger partial charge >= 0.3 is 0 Å². The lowest BCUT2D eigenvalue weighted by atomic mass is 10.2. The Bertz CT molecular complexity index is 443. The van der Waals surface area contributed by atoms with E-state index < -0.39 is 0 Å². The fourth-order valence-electron chi connectivity index (χ4n) is 1.20. The SMILES string of the molecule is Cc1[c]nc(-c2cc(Cl)cc(Cl)c2)[nH]1. The highest BCUT2D eigenvalue weighted by Gasteiger charge is 2.04. The Hall–Kier alpha value is -0.990. The number of nitrogens with one attached hydrogen (secondary N) is 1. The van der Waals surface area contributed by atoms with Gasteiger partial charge in [-0.25, -0.2) is 4.98 Å². The summed E-state index contributed by atoms with van der Waals surface area (Å²) in [5, 5.41) is 1.20. The molecule has 0 saturated heterocycles. The maximum Gasteiger partial charge on any atom is 0.138 e. The lowest BCUT2D eigenvalue weighted by Gasteiger charge is -1.99. The van der Waals surface area contributed by atoms with E-state index in [0.717, 1.165) is 17.1 Å². The van der Waals surface area contributed by atoms with Gasteiger partial charge in [-0.2, -0.15) is 0 Å². The second kappa shape index (κ2) is 3.64. The Morgan fingerprint density at radius 1 is 1.21 bits per heavy atom. The van der Waals surface area contributed by atoms with Crippen molar-refractivity contribution < 1.29 is 0 Å². The summed E-state index contributed by atoms with van der Waals surface area (Å²) in [5.74, 6) is 0.729. The van der Waals surface area contributed by atoms with Crippen LogP contribution in [0.15, 0.2) is 18.2 Å². The van der Waals surface area contributed by atoms with Crippen molar-refractivity contribution in [1.82, 2.24) is 9.97 Å². The van der Waals surface area contributed by atoms with E-state index in [1.807, 2.05) is 6.92 Å². The van der Waals surface area contributed by atoms with E-state index >= 15 is 0 Å². The average molecular weight is 226 g/mol. The summed E-state index contributed by atoms with van der Waals surface area (Å²) in [6, 6.07) is 5.30. The van der Waals surface area contributed by atoms with Gasteiger partial charge in [0.15, 0.2) is 0 Å². The van der Waals surface area contributed by atoms with E-state index in [9.17, 15) is 0 Å². The molecule has 0 atom stereocenters. The van der Waals surface area contributed by atoms with Gasteiger partial charge in [-0.15, -0.1) is 0 Å². The van der Waals surface area contributed by atoms with Crippen LogP contribution in [0.25, 0.3) is 11.4 Å². The molecule has 0 spiro atoms. The highest BCUT2D eigenvalue weighted by molar-refractivity contribution is 6.35. The summed E-state index contributed by atoms with van der Waals surface area (Å²) >= 11 is 11.7. The summed E-state index contributed by atoms with van der Waals surface area (Å²) < 4.78 is 0.